The second kappa shape index (κ2) is 9.99. The Kier molecular flexibility index (Phi) is 7.02. The van der Waals surface area contributed by atoms with Gasteiger partial charge in [0.2, 0.25) is 11.8 Å². The Morgan fingerprint density at radius 3 is 2.60 bits per heavy atom. The summed E-state index contributed by atoms with van der Waals surface area (Å²) < 4.78 is 39.7. The van der Waals surface area contributed by atoms with E-state index >= 15 is 0 Å². The van der Waals surface area contributed by atoms with E-state index in [9.17, 15) is 18.0 Å². The third-order valence-corrected chi connectivity index (χ3v) is 8.25. The third kappa shape index (κ3) is 4.84. The molecule has 1 fully saturated rings. The van der Waals surface area contributed by atoms with Crippen LogP contribution in [0.2, 0.25) is 0 Å². The molecule has 10 heteroatoms. The van der Waals surface area contributed by atoms with Crippen molar-refractivity contribution in [2.45, 2.75) is 24.2 Å². The fraction of sp³-hybridized carbons (Fsp3) is 0.360. The maximum Gasteiger partial charge on any atom is 0.268 e. The number of anilines is 1. The molecule has 2 aromatic rings. The van der Waals surface area contributed by atoms with Crippen molar-refractivity contribution in [1.29, 1.82) is 0 Å². The molecule has 186 valence electrons. The lowest BCUT2D eigenvalue weighted by Crippen LogP contribution is -2.43. The summed E-state index contributed by atoms with van der Waals surface area (Å²) in [5.41, 5.74) is 7.47. The molecule has 2 amide bonds. The van der Waals surface area contributed by atoms with E-state index in [4.69, 9.17) is 15.2 Å². The van der Waals surface area contributed by atoms with Crippen molar-refractivity contribution >= 4 is 33.6 Å². The largest absolute Gasteiger partial charge is 0.493 e. The van der Waals surface area contributed by atoms with Crippen molar-refractivity contribution in [2.75, 3.05) is 38.2 Å². The number of para-hydroxylation sites is 1. The number of primary amides is 1. The lowest BCUT2D eigenvalue weighted by atomic mass is 9.97. The average molecular weight is 500 g/mol. The van der Waals surface area contributed by atoms with E-state index in [1.807, 2.05) is 12.1 Å². The number of nitrogens with two attached hydrogens (primary N) is 1. The van der Waals surface area contributed by atoms with Crippen LogP contribution in [0.25, 0.3) is 6.08 Å². The number of hydrogen-bond donors (Lipinski definition) is 1. The van der Waals surface area contributed by atoms with Gasteiger partial charge >= 0.3 is 0 Å². The summed E-state index contributed by atoms with van der Waals surface area (Å²) >= 11 is 0. The van der Waals surface area contributed by atoms with Crippen molar-refractivity contribution in [3.8, 4) is 11.5 Å². The molecule has 0 saturated carbocycles. The number of ether oxygens (including phenoxy) is 2. The number of piperidine rings is 1. The Morgan fingerprint density at radius 1 is 1.11 bits per heavy atom. The highest BCUT2D eigenvalue weighted by atomic mass is 32.2. The molecule has 0 radical (unpaired) electrons. The van der Waals surface area contributed by atoms with Gasteiger partial charge in [0.1, 0.15) is 4.90 Å². The van der Waals surface area contributed by atoms with E-state index in [1.165, 1.54) is 36.7 Å². The number of sulfonamides is 1. The van der Waals surface area contributed by atoms with Gasteiger partial charge in [-0.3, -0.25) is 13.9 Å². The van der Waals surface area contributed by atoms with Crippen LogP contribution in [0.15, 0.2) is 47.4 Å². The predicted octanol–water partition coefficient (Wildman–Crippen LogP) is 2.19. The highest BCUT2D eigenvalue weighted by Crippen LogP contribution is 2.40. The first kappa shape index (κ1) is 24.6. The molecule has 9 nitrogen and oxygen atoms in total. The minimum atomic E-state index is -3.98. The summed E-state index contributed by atoms with van der Waals surface area (Å²) in [6.07, 6.45) is 4.88. The van der Waals surface area contributed by atoms with Crippen molar-refractivity contribution in [3.05, 3.63) is 53.6 Å². The number of carbonyl (C=O) groups is 2. The van der Waals surface area contributed by atoms with Crippen molar-refractivity contribution in [1.82, 2.24) is 4.90 Å². The van der Waals surface area contributed by atoms with Crippen LogP contribution >= 0.6 is 0 Å². The Labute approximate surface area is 205 Å². The van der Waals surface area contributed by atoms with E-state index < -0.39 is 15.9 Å². The number of carbonyl (C=O) groups excluding carboxylic acids is 2. The molecule has 1 atom stereocenters. The molecule has 0 aliphatic carbocycles. The molecule has 4 rings (SSSR count). The van der Waals surface area contributed by atoms with Crippen LogP contribution in [-0.2, 0) is 26.0 Å². The zero-order valence-electron chi connectivity index (χ0n) is 19.8. The van der Waals surface area contributed by atoms with E-state index in [0.717, 1.165) is 5.56 Å². The van der Waals surface area contributed by atoms with E-state index in [1.54, 1.807) is 23.1 Å². The highest BCUT2D eigenvalue weighted by Gasteiger charge is 2.34. The number of fused-ring (bicyclic) bond motifs is 1. The zero-order chi connectivity index (χ0) is 25.2. The highest BCUT2D eigenvalue weighted by molar-refractivity contribution is 7.93. The quantitative estimate of drug-likeness (QED) is 0.584. The summed E-state index contributed by atoms with van der Waals surface area (Å²) in [7, 11) is -1.16. The van der Waals surface area contributed by atoms with Crippen LogP contribution < -0.4 is 19.5 Å². The molecule has 1 saturated heterocycles. The Morgan fingerprint density at radius 2 is 1.89 bits per heavy atom. The number of methoxy groups -OCH3 is 2. The molecule has 0 bridgehead atoms. The molecule has 2 heterocycles. The average Bonchev–Trinajstić information content (AvgIpc) is 3.31. The normalized spacial score (nSPS) is 17.9. The molecule has 0 spiro atoms. The molecular weight excluding hydrogens is 470 g/mol. The summed E-state index contributed by atoms with van der Waals surface area (Å²) in [5.74, 6) is -0.712. The summed E-state index contributed by atoms with van der Waals surface area (Å²) in [4.78, 5) is 25.8. The topological polar surface area (TPSA) is 119 Å². The van der Waals surface area contributed by atoms with Gasteiger partial charge in [-0.25, -0.2) is 8.42 Å². The minimum Gasteiger partial charge on any atom is -0.493 e. The van der Waals surface area contributed by atoms with E-state index in [2.05, 4.69) is 0 Å². The van der Waals surface area contributed by atoms with Crippen LogP contribution in [0.3, 0.4) is 0 Å². The summed E-state index contributed by atoms with van der Waals surface area (Å²) in [5, 5.41) is 0. The number of hydrogen-bond acceptors (Lipinski definition) is 6. The maximum absolute atomic E-state index is 13.7. The van der Waals surface area contributed by atoms with Gasteiger partial charge in [-0.2, -0.15) is 0 Å². The van der Waals surface area contributed by atoms with Crippen LogP contribution in [-0.4, -0.2) is 59.0 Å². The SMILES string of the molecule is COc1cc(/C=C/C(=O)N2CCC[C@@H](C(N)=O)C2)cc(S(=O)(=O)N2CCc3ccccc32)c1OC. The fourth-order valence-corrected chi connectivity index (χ4v) is 6.31. The Balaban J connectivity index is 1.67. The van der Waals surface area contributed by atoms with Crippen LogP contribution in [0.1, 0.15) is 24.0 Å². The second-order valence-corrected chi connectivity index (χ2v) is 10.4. The first-order valence-electron chi connectivity index (χ1n) is 11.4. The van der Waals surface area contributed by atoms with Crippen LogP contribution in [0.4, 0.5) is 5.69 Å². The zero-order valence-corrected chi connectivity index (χ0v) is 20.6. The van der Waals surface area contributed by atoms with Gasteiger partial charge in [0.05, 0.1) is 25.8 Å². The monoisotopic (exact) mass is 499 g/mol. The number of rotatable bonds is 7. The smallest absolute Gasteiger partial charge is 0.268 e. The first-order valence-corrected chi connectivity index (χ1v) is 12.8. The maximum atomic E-state index is 13.7. The number of amides is 2. The van der Waals surface area contributed by atoms with Gasteiger partial charge in [0.25, 0.3) is 10.0 Å². The van der Waals surface area contributed by atoms with Crippen molar-refractivity contribution < 1.29 is 27.5 Å². The molecule has 2 aromatic carbocycles. The van der Waals surface area contributed by atoms with Gasteiger partial charge in [-0.1, -0.05) is 18.2 Å². The molecule has 2 N–H and O–H groups in total. The standard InChI is InChI=1S/C25H29N3O6S/c1-33-21-14-17(9-10-23(29)27-12-5-7-19(16-27)25(26)30)15-22(24(21)34-2)35(31,32)28-13-11-18-6-3-4-8-20(18)28/h3-4,6,8-10,14-15,19H,5,7,11-13,16H2,1-2H3,(H2,26,30)/b10-9+/t19-/m1/s1. The third-order valence-electron chi connectivity index (χ3n) is 6.43. The lowest BCUT2D eigenvalue weighted by molar-refractivity contribution is -0.130. The van der Waals surface area contributed by atoms with E-state index in [0.29, 0.717) is 43.6 Å². The Bertz CT molecular complexity index is 1270. The number of nitrogens with zero attached hydrogens (tertiary/aromatic N) is 2. The van der Waals surface area contributed by atoms with Gasteiger partial charge in [0, 0.05) is 25.7 Å². The fourth-order valence-electron chi connectivity index (χ4n) is 4.60. The lowest BCUT2D eigenvalue weighted by Gasteiger charge is -2.30. The minimum absolute atomic E-state index is 0.0464. The van der Waals surface area contributed by atoms with Gasteiger partial charge in [-0.05, 0) is 54.7 Å². The van der Waals surface area contributed by atoms with Crippen molar-refractivity contribution in [2.24, 2.45) is 11.7 Å². The molecular formula is C25H29N3O6S. The van der Waals surface area contributed by atoms with Gasteiger partial charge in [0.15, 0.2) is 11.5 Å². The van der Waals surface area contributed by atoms with Crippen molar-refractivity contribution in [3.63, 3.8) is 0 Å². The van der Waals surface area contributed by atoms with E-state index in [-0.39, 0.29) is 34.8 Å². The summed E-state index contributed by atoms with van der Waals surface area (Å²) in [6, 6.07) is 10.5. The number of likely N-dealkylation sites (tertiary alicyclic amines) is 1. The molecule has 0 unspecified atom stereocenters. The number of benzene rings is 2. The van der Waals surface area contributed by atoms with Gasteiger partial charge in [-0.15, -0.1) is 0 Å². The van der Waals surface area contributed by atoms with Crippen LogP contribution in [0.5, 0.6) is 11.5 Å². The Hall–Kier alpha value is -3.53. The van der Waals surface area contributed by atoms with Gasteiger partial charge < -0.3 is 20.1 Å². The first-order chi connectivity index (χ1) is 16.8. The van der Waals surface area contributed by atoms with Crippen LogP contribution in [0, 0.1) is 5.92 Å². The molecule has 35 heavy (non-hydrogen) atoms. The molecule has 0 aromatic heterocycles. The second-order valence-electron chi connectivity index (χ2n) is 8.57. The molecule has 2 aliphatic rings. The predicted molar refractivity (Wildman–Crippen MR) is 132 cm³/mol. The molecule has 2 aliphatic heterocycles. The summed E-state index contributed by atoms with van der Waals surface area (Å²) in [6.45, 7) is 1.13.